The standard InChI is InChI=1S/C15H20Br2O/c16-11-13(5-8-15-2-1-9-18-15)10-12-3-6-14(17)7-4-12/h3-4,6-7,13,15H,1-2,5,8-11H2. The average molecular weight is 376 g/mol. The van der Waals surface area contributed by atoms with E-state index in [4.69, 9.17) is 4.74 Å². The van der Waals surface area contributed by atoms with Crippen LogP contribution in [0.4, 0.5) is 0 Å². The van der Waals surface area contributed by atoms with Gasteiger partial charge in [-0.15, -0.1) is 0 Å². The van der Waals surface area contributed by atoms with Crippen LogP contribution >= 0.6 is 31.9 Å². The summed E-state index contributed by atoms with van der Waals surface area (Å²) in [6.07, 6.45) is 6.66. The maximum Gasteiger partial charge on any atom is 0.0576 e. The SMILES string of the molecule is BrCC(CCC1CCCO1)Cc1ccc(Br)cc1. The van der Waals surface area contributed by atoms with E-state index in [-0.39, 0.29) is 0 Å². The number of halogens is 2. The van der Waals surface area contributed by atoms with Gasteiger partial charge in [-0.05, 0) is 55.7 Å². The van der Waals surface area contributed by atoms with Crippen LogP contribution in [0, 0.1) is 5.92 Å². The lowest BCUT2D eigenvalue weighted by atomic mass is 9.95. The van der Waals surface area contributed by atoms with Gasteiger partial charge in [0.05, 0.1) is 6.10 Å². The fourth-order valence-electron chi connectivity index (χ4n) is 2.48. The Balaban J connectivity index is 1.79. The number of rotatable bonds is 6. The van der Waals surface area contributed by atoms with Gasteiger partial charge in [0.1, 0.15) is 0 Å². The molecule has 2 rings (SSSR count). The molecule has 0 saturated carbocycles. The number of hydrogen-bond acceptors (Lipinski definition) is 1. The quantitative estimate of drug-likeness (QED) is 0.638. The van der Waals surface area contributed by atoms with Crippen molar-refractivity contribution in [2.75, 3.05) is 11.9 Å². The smallest absolute Gasteiger partial charge is 0.0576 e. The first-order chi connectivity index (χ1) is 8.78. The fraction of sp³-hybridized carbons (Fsp3) is 0.600. The summed E-state index contributed by atoms with van der Waals surface area (Å²) >= 11 is 7.13. The monoisotopic (exact) mass is 374 g/mol. The second-order valence-electron chi connectivity index (χ2n) is 5.06. The van der Waals surface area contributed by atoms with Crippen LogP contribution in [0.25, 0.3) is 0 Å². The highest BCUT2D eigenvalue weighted by Gasteiger charge is 2.17. The van der Waals surface area contributed by atoms with E-state index in [9.17, 15) is 0 Å². The zero-order valence-corrected chi connectivity index (χ0v) is 13.8. The van der Waals surface area contributed by atoms with E-state index in [0.717, 1.165) is 28.7 Å². The summed E-state index contributed by atoms with van der Waals surface area (Å²) in [6.45, 7) is 0.969. The van der Waals surface area contributed by atoms with E-state index in [1.807, 2.05) is 0 Å². The summed E-state index contributed by atoms with van der Waals surface area (Å²) in [4.78, 5) is 0. The topological polar surface area (TPSA) is 9.23 Å². The molecule has 1 aliphatic heterocycles. The van der Waals surface area contributed by atoms with Gasteiger partial charge >= 0.3 is 0 Å². The van der Waals surface area contributed by atoms with Crippen molar-refractivity contribution in [1.82, 2.24) is 0 Å². The zero-order valence-electron chi connectivity index (χ0n) is 10.6. The first kappa shape index (κ1) is 14.5. The highest BCUT2D eigenvalue weighted by Crippen LogP contribution is 2.23. The van der Waals surface area contributed by atoms with Crippen LogP contribution in [-0.2, 0) is 11.2 Å². The lowest BCUT2D eigenvalue weighted by Gasteiger charge is -2.16. The maximum absolute atomic E-state index is 5.69. The molecule has 18 heavy (non-hydrogen) atoms. The van der Waals surface area contributed by atoms with Crippen LogP contribution < -0.4 is 0 Å². The molecule has 1 aromatic carbocycles. The Morgan fingerprint density at radius 2 is 2.06 bits per heavy atom. The number of ether oxygens (including phenoxy) is 1. The molecule has 0 spiro atoms. The Morgan fingerprint density at radius 3 is 2.67 bits per heavy atom. The highest BCUT2D eigenvalue weighted by atomic mass is 79.9. The molecule has 1 aliphatic rings. The van der Waals surface area contributed by atoms with Gasteiger partial charge in [-0.1, -0.05) is 44.0 Å². The summed E-state index contributed by atoms with van der Waals surface area (Å²) in [7, 11) is 0. The maximum atomic E-state index is 5.69. The minimum atomic E-state index is 0.525. The summed E-state index contributed by atoms with van der Waals surface area (Å²) in [5.41, 5.74) is 1.43. The van der Waals surface area contributed by atoms with Gasteiger partial charge < -0.3 is 4.74 Å². The molecular weight excluding hydrogens is 356 g/mol. The number of alkyl halides is 1. The molecule has 0 amide bonds. The van der Waals surface area contributed by atoms with Crippen LogP contribution in [0.1, 0.15) is 31.2 Å². The van der Waals surface area contributed by atoms with E-state index < -0.39 is 0 Å². The van der Waals surface area contributed by atoms with Gasteiger partial charge in [0.25, 0.3) is 0 Å². The van der Waals surface area contributed by atoms with Crippen molar-refractivity contribution in [3.63, 3.8) is 0 Å². The molecule has 1 heterocycles. The van der Waals surface area contributed by atoms with Gasteiger partial charge in [-0.2, -0.15) is 0 Å². The van der Waals surface area contributed by atoms with Crippen molar-refractivity contribution in [3.8, 4) is 0 Å². The third-order valence-electron chi connectivity index (χ3n) is 3.58. The lowest BCUT2D eigenvalue weighted by Crippen LogP contribution is -2.12. The van der Waals surface area contributed by atoms with E-state index in [1.165, 1.54) is 31.2 Å². The molecule has 2 unspecified atom stereocenters. The van der Waals surface area contributed by atoms with Crippen molar-refractivity contribution >= 4 is 31.9 Å². The summed E-state index contributed by atoms with van der Waals surface area (Å²) in [6, 6.07) is 8.68. The molecule has 0 radical (unpaired) electrons. The van der Waals surface area contributed by atoms with Crippen molar-refractivity contribution in [2.45, 2.75) is 38.2 Å². The minimum absolute atomic E-state index is 0.525. The largest absolute Gasteiger partial charge is 0.378 e. The van der Waals surface area contributed by atoms with Gasteiger partial charge in [0, 0.05) is 16.4 Å². The summed E-state index contributed by atoms with van der Waals surface area (Å²) < 4.78 is 6.85. The molecule has 1 saturated heterocycles. The van der Waals surface area contributed by atoms with Crippen molar-refractivity contribution in [1.29, 1.82) is 0 Å². The Morgan fingerprint density at radius 1 is 1.28 bits per heavy atom. The molecule has 1 aromatic rings. The highest BCUT2D eigenvalue weighted by molar-refractivity contribution is 9.10. The molecule has 2 atom stereocenters. The van der Waals surface area contributed by atoms with Gasteiger partial charge in [-0.25, -0.2) is 0 Å². The van der Waals surface area contributed by atoms with Gasteiger partial charge in [0.2, 0.25) is 0 Å². The molecule has 0 aliphatic carbocycles. The third-order valence-corrected chi connectivity index (χ3v) is 5.02. The molecule has 0 aromatic heterocycles. The fourth-order valence-corrected chi connectivity index (χ4v) is 3.30. The van der Waals surface area contributed by atoms with E-state index in [0.29, 0.717) is 6.10 Å². The van der Waals surface area contributed by atoms with E-state index in [1.54, 1.807) is 0 Å². The first-order valence-electron chi connectivity index (χ1n) is 6.70. The molecule has 1 nitrogen and oxygen atoms in total. The second-order valence-corrected chi connectivity index (χ2v) is 6.63. The average Bonchev–Trinajstić information content (AvgIpc) is 2.90. The molecule has 0 bridgehead atoms. The predicted octanol–water partition coefficient (Wildman–Crippen LogP) is 4.96. The van der Waals surface area contributed by atoms with Crippen molar-refractivity contribution in [2.24, 2.45) is 5.92 Å². The Bertz CT molecular complexity index is 344. The molecule has 1 fully saturated rings. The van der Waals surface area contributed by atoms with Crippen molar-refractivity contribution in [3.05, 3.63) is 34.3 Å². The summed E-state index contributed by atoms with van der Waals surface area (Å²) in [5, 5.41) is 1.08. The van der Waals surface area contributed by atoms with Crippen LogP contribution in [0.3, 0.4) is 0 Å². The van der Waals surface area contributed by atoms with E-state index in [2.05, 4.69) is 56.1 Å². The molecule has 3 heteroatoms. The molecule has 0 N–H and O–H groups in total. The minimum Gasteiger partial charge on any atom is -0.378 e. The van der Waals surface area contributed by atoms with Crippen LogP contribution in [-0.4, -0.2) is 18.0 Å². The van der Waals surface area contributed by atoms with Crippen molar-refractivity contribution < 1.29 is 4.74 Å². The normalized spacial score (nSPS) is 21.1. The molecular formula is C15H20Br2O. The lowest BCUT2D eigenvalue weighted by molar-refractivity contribution is 0.0989. The molecule has 100 valence electrons. The number of benzene rings is 1. The first-order valence-corrected chi connectivity index (χ1v) is 8.61. The summed E-state index contributed by atoms with van der Waals surface area (Å²) in [5.74, 6) is 0.718. The van der Waals surface area contributed by atoms with Gasteiger partial charge in [0.15, 0.2) is 0 Å². The van der Waals surface area contributed by atoms with Crippen LogP contribution in [0.15, 0.2) is 28.7 Å². The predicted molar refractivity (Wildman–Crippen MR) is 83.3 cm³/mol. The Labute approximate surface area is 127 Å². The van der Waals surface area contributed by atoms with Gasteiger partial charge in [-0.3, -0.25) is 0 Å². The zero-order chi connectivity index (χ0) is 12.8. The Kier molecular flexibility index (Phi) is 6.19. The second kappa shape index (κ2) is 7.66. The van der Waals surface area contributed by atoms with Crippen LogP contribution in [0.2, 0.25) is 0 Å². The number of hydrogen-bond donors (Lipinski definition) is 0. The Hall–Kier alpha value is 0.140. The van der Waals surface area contributed by atoms with E-state index >= 15 is 0 Å². The van der Waals surface area contributed by atoms with Crippen LogP contribution in [0.5, 0.6) is 0 Å². The third kappa shape index (κ3) is 4.67.